The van der Waals surface area contributed by atoms with Crippen molar-refractivity contribution in [3.63, 3.8) is 0 Å². The summed E-state index contributed by atoms with van der Waals surface area (Å²) in [4.78, 5) is 27.0. The van der Waals surface area contributed by atoms with Crippen molar-refractivity contribution in [3.05, 3.63) is 23.8 Å². The van der Waals surface area contributed by atoms with Crippen molar-refractivity contribution >= 4 is 22.8 Å². The normalized spacial score (nSPS) is 27.8. The van der Waals surface area contributed by atoms with Gasteiger partial charge >= 0.3 is 12.1 Å². The molecule has 1 aromatic carbocycles. The Balaban J connectivity index is 1.48. The molecule has 2 bridgehead atoms. The minimum absolute atomic E-state index is 0.104. The number of alkyl halides is 2. The monoisotopic (exact) mass is 553 g/mol. The van der Waals surface area contributed by atoms with Crippen LogP contribution in [0.1, 0.15) is 47.0 Å². The summed E-state index contributed by atoms with van der Waals surface area (Å²) in [7, 11) is 3.41. The van der Waals surface area contributed by atoms with Crippen molar-refractivity contribution in [2.75, 3.05) is 45.2 Å². The number of hydrogen-bond acceptors (Lipinski definition) is 7. The number of amides is 1. The maximum Gasteiger partial charge on any atom is 0.410 e. The van der Waals surface area contributed by atoms with E-state index in [0.29, 0.717) is 25.9 Å². The van der Waals surface area contributed by atoms with Crippen LogP contribution in [0.3, 0.4) is 0 Å². The number of carbonyl (C=O) groups excluding carboxylic acids is 1. The molecule has 3 saturated heterocycles. The zero-order valence-corrected chi connectivity index (χ0v) is 23.2. The quantitative estimate of drug-likeness (QED) is 0.474. The lowest BCUT2D eigenvalue weighted by atomic mass is 9.80. The fraction of sp³-hybridized carbons (Fsp3) is 0.667. The molecule has 1 aliphatic carbocycles. The van der Waals surface area contributed by atoms with E-state index in [-0.39, 0.29) is 48.3 Å². The fourth-order valence-corrected chi connectivity index (χ4v) is 5.88. The number of hydrogen-bond donors (Lipinski definition) is 0. The number of halogens is 4. The van der Waals surface area contributed by atoms with Crippen LogP contribution in [0, 0.1) is 17.0 Å². The molecule has 1 amide bonds. The van der Waals surface area contributed by atoms with Crippen LogP contribution >= 0.6 is 0 Å². The van der Waals surface area contributed by atoms with E-state index in [1.165, 1.54) is 0 Å². The first kappa shape index (κ1) is 27.7. The Hall–Kier alpha value is -2.89. The molecule has 4 aliphatic rings. The largest absolute Gasteiger partial charge is 0.463 e. The number of nitrogens with zero attached hydrogens (tertiary/aromatic N) is 5. The van der Waals surface area contributed by atoms with Crippen molar-refractivity contribution in [3.8, 4) is 6.01 Å². The Labute approximate surface area is 225 Å². The zero-order valence-electron chi connectivity index (χ0n) is 23.2. The van der Waals surface area contributed by atoms with Gasteiger partial charge in [0.05, 0.1) is 11.0 Å². The lowest BCUT2D eigenvalue weighted by molar-refractivity contribution is -0.0256. The number of piperazine rings is 1. The summed E-state index contributed by atoms with van der Waals surface area (Å²) in [6, 6.07) is 1.43. The van der Waals surface area contributed by atoms with Gasteiger partial charge in [-0.1, -0.05) is 0 Å². The molecule has 0 spiro atoms. The molecular weight excluding hydrogens is 518 g/mol. The van der Waals surface area contributed by atoms with Crippen LogP contribution < -0.4 is 9.64 Å². The van der Waals surface area contributed by atoms with Gasteiger partial charge in [0.2, 0.25) is 0 Å². The summed E-state index contributed by atoms with van der Waals surface area (Å²) in [5, 5.41) is 0.152. The highest BCUT2D eigenvalue weighted by Crippen LogP contribution is 2.60. The average Bonchev–Trinajstić information content (AvgIpc) is 3.34. The molecule has 12 heteroatoms. The van der Waals surface area contributed by atoms with Crippen LogP contribution in [-0.4, -0.2) is 89.3 Å². The van der Waals surface area contributed by atoms with Crippen molar-refractivity contribution in [2.45, 2.75) is 70.1 Å². The number of aromatic nitrogens is 2. The Morgan fingerprint density at radius 1 is 1.21 bits per heavy atom. The van der Waals surface area contributed by atoms with E-state index in [1.54, 1.807) is 44.7 Å². The lowest BCUT2D eigenvalue weighted by Crippen LogP contribution is -2.70. The molecule has 214 valence electrons. The van der Waals surface area contributed by atoms with E-state index in [4.69, 9.17) is 9.47 Å². The van der Waals surface area contributed by atoms with Crippen LogP contribution in [-0.2, 0) is 4.74 Å². The van der Waals surface area contributed by atoms with Gasteiger partial charge in [-0.15, -0.1) is 0 Å². The minimum atomic E-state index is -2.89. The molecule has 0 N–H and O–H groups in total. The number of fused-ring (bicyclic) bond motifs is 4. The summed E-state index contributed by atoms with van der Waals surface area (Å²) in [5.74, 6) is -4.33. The number of anilines is 1. The molecule has 0 radical (unpaired) electrons. The van der Waals surface area contributed by atoms with Crippen LogP contribution in [0.5, 0.6) is 6.01 Å². The third kappa shape index (κ3) is 5.07. The lowest BCUT2D eigenvalue weighted by Gasteiger charge is -2.57. The Bertz CT molecular complexity index is 1300. The topological polar surface area (TPSA) is 71.0 Å². The summed E-state index contributed by atoms with van der Waals surface area (Å²) in [6.45, 7) is 7.79. The molecule has 39 heavy (non-hydrogen) atoms. The minimum Gasteiger partial charge on any atom is -0.463 e. The summed E-state index contributed by atoms with van der Waals surface area (Å²) < 4.78 is 69.2. The number of benzene rings is 1. The Morgan fingerprint density at radius 2 is 1.90 bits per heavy atom. The number of ether oxygens (including phenoxy) is 2. The van der Waals surface area contributed by atoms with Gasteiger partial charge in [-0.3, -0.25) is 4.90 Å². The highest BCUT2D eigenvalue weighted by atomic mass is 19.3. The second-order valence-corrected chi connectivity index (χ2v) is 12.7. The zero-order chi connectivity index (χ0) is 28.5. The molecule has 1 unspecified atom stereocenters. The van der Waals surface area contributed by atoms with Gasteiger partial charge in [-0.05, 0) is 60.7 Å². The van der Waals surface area contributed by atoms with E-state index in [0.717, 1.165) is 12.1 Å². The van der Waals surface area contributed by atoms with Crippen LogP contribution in [0.4, 0.5) is 28.2 Å². The van der Waals surface area contributed by atoms with Crippen molar-refractivity contribution in [1.29, 1.82) is 0 Å². The van der Waals surface area contributed by atoms with Gasteiger partial charge in [-0.2, -0.15) is 9.97 Å². The van der Waals surface area contributed by atoms with E-state index < -0.39 is 40.2 Å². The molecule has 8 nitrogen and oxygen atoms in total. The summed E-state index contributed by atoms with van der Waals surface area (Å²) >= 11 is 0. The Kier molecular flexibility index (Phi) is 6.43. The average molecular weight is 554 g/mol. The van der Waals surface area contributed by atoms with Crippen molar-refractivity contribution in [2.24, 2.45) is 5.41 Å². The molecule has 3 atom stereocenters. The van der Waals surface area contributed by atoms with Crippen LogP contribution in [0.2, 0.25) is 0 Å². The van der Waals surface area contributed by atoms with Crippen molar-refractivity contribution in [1.82, 2.24) is 19.8 Å². The maximum atomic E-state index is 14.9. The molecule has 4 fully saturated rings. The first-order valence-electron chi connectivity index (χ1n) is 13.1. The summed E-state index contributed by atoms with van der Waals surface area (Å²) in [6.07, 6.45) is 0.683. The predicted octanol–water partition coefficient (Wildman–Crippen LogP) is 4.85. The first-order chi connectivity index (χ1) is 18.0. The van der Waals surface area contributed by atoms with Crippen molar-refractivity contribution < 1.29 is 31.8 Å². The maximum absolute atomic E-state index is 14.9. The Morgan fingerprint density at radius 3 is 2.49 bits per heavy atom. The van der Waals surface area contributed by atoms with Gasteiger partial charge in [-0.25, -0.2) is 22.4 Å². The molecular formula is C27H35F4N5O3. The standard InChI is InChI=1S/C27H35F4N5O3/c1-24(2,3)39-23(37)36-11-17-7-8-25(36,4)13-35(17)21-18-9-16(28)10-19(29)20(18)32-22(33-21)38-15-26(14-34(5)6)12-27(26,30)31/h9-10,17H,7-8,11-15H2,1-6H3/t17-,25?,26+/m0/s1. The van der Waals surface area contributed by atoms with Gasteiger partial charge < -0.3 is 19.3 Å². The predicted molar refractivity (Wildman–Crippen MR) is 137 cm³/mol. The smallest absolute Gasteiger partial charge is 0.410 e. The second kappa shape index (κ2) is 9.07. The van der Waals surface area contributed by atoms with Crippen LogP contribution in [0.25, 0.3) is 10.9 Å². The molecule has 2 aromatic rings. The summed E-state index contributed by atoms with van der Waals surface area (Å²) in [5.41, 5.74) is -2.82. The van der Waals surface area contributed by atoms with Gasteiger partial charge in [0.1, 0.15) is 29.4 Å². The second-order valence-electron chi connectivity index (χ2n) is 12.7. The van der Waals surface area contributed by atoms with Gasteiger partial charge in [0.15, 0.2) is 5.82 Å². The van der Waals surface area contributed by atoms with Crippen LogP contribution in [0.15, 0.2) is 12.1 Å². The van der Waals surface area contributed by atoms with E-state index in [2.05, 4.69) is 9.97 Å². The first-order valence-corrected chi connectivity index (χ1v) is 13.1. The van der Waals surface area contributed by atoms with Gasteiger partial charge in [0.25, 0.3) is 5.92 Å². The number of carbonyl (C=O) groups is 1. The highest BCUT2D eigenvalue weighted by Gasteiger charge is 2.71. The number of piperidine rings is 2. The molecule has 3 aliphatic heterocycles. The highest BCUT2D eigenvalue weighted by molar-refractivity contribution is 5.91. The van der Waals surface area contributed by atoms with E-state index in [1.807, 2.05) is 11.8 Å². The molecule has 4 heterocycles. The van der Waals surface area contributed by atoms with Gasteiger partial charge in [0, 0.05) is 43.5 Å². The molecule has 1 saturated carbocycles. The fourth-order valence-electron chi connectivity index (χ4n) is 5.88. The molecule has 1 aromatic heterocycles. The van der Waals surface area contributed by atoms with E-state index in [9.17, 15) is 22.4 Å². The van der Waals surface area contributed by atoms with E-state index >= 15 is 0 Å². The third-order valence-electron chi connectivity index (χ3n) is 7.88. The SMILES string of the molecule is CN(C)C[C@@]1(COc2nc(N3CC4(C)CC[C@H]3CN4C(=O)OC(C)(C)C)c3cc(F)cc(F)c3n2)CC1(F)F. The molecule has 6 rings (SSSR count). The number of rotatable bonds is 6. The third-order valence-corrected chi connectivity index (χ3v) is 7.88.